The van der Waals surface area contributed by atoms with Gasteiger partial charge >= 0.3 is 0 Å². The Morgan fingerprint density at radius 3 is 2.47 bits per heavy atom. The van der Waals surface area contributed by atoms with Crippen LogP contribution >= 0.6 is 0 Å². The lowest BCUT2D eigenvalue weighted by atomic mass is 10.1. The predicted octanol–water partition coefficient (Wildman–Crippen LogP) is 3.11. The van der Waals surface area contributed by atoms with Gasteiger partial charge in [-0.05, 0) is 55.3 Å². The average Bonchev–Trinajstić information content (AvgIpc) is 3.12. The highest BCUT2D eigenvalue weighted by atomic mass is 32.2. The molecule has 1 heterocycles. The van der Waals surface area contributed by atoms with Crippen molar-refractivity contribution < 1.29 is 13.2 Å². The Kier molecular flexibility index (Phi) is 6.52. The molecule has 0 aliphatic heterocycles. The molecule has 30 heavy (non-hydrogen) atoms. The first-order valence-corrected chi connectivity index (χ1v) is 11.4. The van der Waals surface area contributed by atoms with Crippen LogP contribution in [0.1, 0.15) is 31.4 Å². The zero-order chi connectivity index (χ0) is 21.9. The maximum absolute atomic E-state index is 12.7. The summed E-state index contributed by atoms with van der Waals surface area (Å²) < 4.78 is 28.4. The minimum Gasteiger partial charge on any atom is -0.326 e. The number of sulfonamides is 1. The minimum absolute atomic E-state index is 0.123. The van der Waals surface area contributed by atoms with Crippen LogP contribution in [0.4, 0.5) is 5.69 Å². The molecule has 9 heteroatoms. The average molecular weight is 430 g/mol. The highest BCUT2D eigenvalue weighted by Crippen LogP contribution is 2.21. The minimum atomic E-state index is -3.56. The highest BCUT2D eigenvalue weighted by Gasteiger charge is 2.22. The summed E-state index contributed by atoms with van der Waals surface area (Å²) in [5.41, 5.74) is 4.22. The van der Waals surface area contributed by atoms with Gasteiger partial charge in [-0.2, -0.15) is 4.31 Å². The number of hydrogen-bond acceptors (Lipinski definition) is 5. The maximum atomic E-state index is 12.7. The highest BCUT2D eigenvalue weighted by molar-refractivity contribution is 7.89. The number of carbonyl (C=O) groups is 1. The van der Waals surface area contributed by atoms with E-state index in [1.54, 1.807) is 30.7 Å². The molecule has 0 unspecified atom stereocenters. The molecule has 160 valence electrons. The number of benzene rings is 2. The van der Waals surface area contributed by atoms with Crippen molar-refractivity contribution in [3.05, 3.63) is 47.5 Å². The molecular weight excluding hydrogens is 402 g/mol. The van der Waals surface area contributed by atoms with Gasteiger partial charge in [-0.1, -0.05) is 25.1 Å². The van der Waals surface area contributed by atoms with E-state index in [0.29, 0.717) is 30.7 Å². The van der Waals surface area contributed by atoms with Crippen molar-refractivity contribution in [3.8, 4) is 0 Å². The van der Waals surface area contributed by atoms with Gasteiger partial charge in [-0.25, -0.2) is 13.1 Å². The SMILES string of the molecule is CCN(CC)S(=O)(=O)c1ccc2c(c1)nnn2CCC(=O)Nc1ccc(C)c(C)c1. The van der Waals surface area contributed by atoms with Crippen molar-refractivity contribution in [1.29, 1.82) is 0 Å². The van der Waals surface area contributed by atoms with E-state index in [9.17, 15) is 13.2 Å². The van der Waals surface area contributed by atoms with Gasteiger partial charge in [-0.3, -0.25) is 4.79 Å². The van der Waals surface area contributed by atoms with E-state index in [1.807, 2.05) is 32.0 Å². The van der Waals surface area contributed by atoms with Gasteiger partial charge in [0.25, 0.3) is 0 Å². The molecule has 0 aliphatic carbocycles. The van der Waals surface area contributed by atoms with E-state index in [0.717, 1.165) is 11.3 Å². The van der Waals surface area contributed by atoms with Gasteiger partial charge in [0.15, 0.2) is 0 Å². The van der Waals surface area contributed by atoms with Crippen molar-refractivity contribution in [2.75, 3.05) is 18.4 Å². The standard InChI is InChI=1S/C21H27N5O3S/c1-5-25(6-2)30(28,29)18-9-10-20-19(14-18)23-24-26(20)12-11-21(27)22-17-8-7-15(3)16(4)13-17/h7-10,13-14H,5-6,11-12H2,1-4H3,(H,22,27). The molecule has 0 saturated carbocycles. The molecule has 0 aliphatic rings. The molecule has 8 nitrogen and oxygen atoms in total. The summed E-state index contributed by atoms with van der Waals surface area (Å²) in [5, 5.41) is 11.1. The molecule has 0 spiro atoms. The Morgan fingerprint density at radius 1 is 1.07 bits per heavy atom. The number of nitrogens with one attached hydrogen (secondary N) is 1. The second kappa shape index (κ2) is 8.93. The fourth-order valence-corrected chi connectivity index (χ4v) is 4.72. The topological polar surface area (TPSA) is 97.2 Å². The van der Waals surface area contributed by atoms with Gasteiger partial charge in [0, 0.05) is 25.2 Å². The van der Waals surface area contributed by atoms with E-state index in [2.05, 4.69) is 15.6 Å². The van der Waals surface area contributed by atoms with E-state index in [1.165, 1.54) is 15.9 Å². The van der Waals surface area contributed by atoms with Crippen LogP contribution in [-0.2, 0) is 21.4 Å². The van der Waals surface area contributed by atoms with Crippen LogP contribution in [0.15, 0.2) is 41.3 Å². The van der Waals surface area contributed by atoms with Crippen molar-refractivity contribution >= 4 is 32.7 Å². The summed E-state index contributed by atoms with van der Waals surface area (Å²) in [6.07, 6.45) is 0.227. The lowest BCUT2D eigenvalue weighted by Crippen LogP contribution is -2.30. The van der Waals surface area contributed by atoms with E-state index >= 15 is 0 Å². The first-order chi connectivity index (χ1) is 14.3. The van der Waals surface area contributed by atoms with E-state index < -0.39 is 10.0 Å². The second-order valence-corrected chi connectivity index (χ2v) is 9.09. The number of aromatic nitrogens is 3. The Balaban J connectivity index is 1.71. The summed E-state index contributed by atoms with van der Waals surface area (Å²) in [4.78, 5) is 12.5. The normalized spacial score (nSPS) is 11.9. The van der Waals surface area contributed by atoms with Crippen LogP contribution in [0.5, 0.6) is 0 Å². The molecule has 2 aromatic carbocycles. The third kappa shape index (κ3) is 4.52. The number of fused-ring (bicyclic) bond motifs is 1. The van der Waals surface area contributed by atoms with Crippen LogP contribution in [0.2, 0.25) is 0 Å². The van der Waals surface area contributed by atoms with Crippen LogP contribution in [-0.4, -0.2) is 46.7 Å². The molecule has 3 aromatic rings. The monoisotopic (exact) mass is 429 g/mol. The molecule has 0 atom stereocenters. The molecule has 0 saturated heterocycles. The molecular formula is C21H27N5O3S. The fraction of sp³-hybridized carbons (Fsp3) is 0.381. The Hall–Kier alpha value is -2.78. The van der Waals surface area contributed by atoms with Gasteiger partial charge < -0.3 is 5.32 Å². The zero-order valence-electron chi connectivity index (χ0n) is 17.7. The van der Waals surface area contributed by atoms with E-state index in [-0.39, 0.29) is 17.2 Å². The van der Waals surface area contributed by atoms with Crippen LogP contribution in [0, 0.1) is 13.8 Å². The lowest BCUT2D eigenvalue weighted by molar-refractivity contribution is -0.116. The van der Waals surface area contributed by atoms with Crippen molar-refractivity contribution in [2.24, 2.45) is 0 Å². The first kappa shape index (κ1) is 21.9. The molecule has 1 N–H and O–H groups in total. The molecule has 0 bridgehead atoms. The third-order valence-electron chi connectivity index (χ3n) is 5.17. The van der Waals surface area contributed by atoms with Gasteiger partial charge in [0.2, 0.25) is 15.9 Å². The van der Waals surface area contributed by atoms with Crippen LogP contribution in [0.25, 0.3) is 11.0 Å². The van der Waals surface area contributed by atoms with Crippen LogP contribution < -0.4 is 5.32 Å². The predicted molar refractivity (Wildman–Crippen MR) is 117 cm³/mol. The van der Waals surface area contributed by atoms with Crippen LogP contribution in [0.3, 0.4) is 0 Å². The number of carbonyl (C=O) groups excluding carboxylic acids is 1. The second-order valence-electron chi connectivity index (χ2n) is 7.15. The Morgan fingerprint density at radius 2 is 1.80 bits per heavy atom. The largest absolute Gasteiger partial charge is 0.326 e. The Bertz CT molecular complexity index is 1170. The number of hydrogen-bond donors (Lipinski definition) is 1. The summed E-state index contributed by atoms with van der Waals surface area (Å²) in [7, 11) is -3.56. The third-order valence-corrected chi connectivity index (χ3v) is 7.22. The van der Waals surface area contributed by atoms with Crippen molar-refractivity contribution in [2.45, 2.75) is 45.6 Å². The first-order valence-electron chi connectivity index (χ1n) is 9.96. The number of anilines is 1. The summed E-state index contributed by atoms with van der Waals surface area (Å²) in [5.74, 6) is -0.123. The quantitative estimate of drug-likeness (QED) is 0.593. The Labute approximate surface area is 176 Å². The van der Waals surface area contributed by atoms with Crippen molar-refractivity contribution in [1.82, 2.24) is 19.3 Å². The maximum Gasteiger partial charge on any atom is 0.243 e. The molecule has 0 radical (unpaired) electrons. The molecule has 3 rings (SSSR count). The molecule has 1 aromatic heterocycles. The summed E-state index contributed by atoms with van der Waals surface area (Å²) in [6, 6.07) is 10.6. The smallest absolute Gasteiger partial charge is 0.243 e. The zero-order valence-corrected chi connectivity index (χ0v) is 18.5. The fourth-order valence-electron chi connectivity index (χ4n) is 3.24. The van der Waals surface area contributed by atoms with Gasteiger partial charge in [0.1, 0.15) is 5.52 Å². The number of rotatable bonds is 8. The van der Waals surface area contributed by atoms with Gasteiger partial charge in [0.05, 0.1) is 17.0 Å². The molecule has 0 fully saturated rings. The summed E-state index contributed by atoms with van der Waals surface area (Å²) >= 11 is 0. The molecule has 1 amide bonds. The van der Waals surface area contributed by atoms with Crippen molar-refractivity contribution in [3.63, 3.8) is 0 Å². The summed E-state index contributed by atoms with van der Waals surface area (Å²) in [6.45, 7) is 8.78. The van der Waals surface area contributed by atoms with E-state index in [4.69, 9.17) is 0 Å². The van der Waals surface area contributed by atoms with Gasteiger partial charge in [-0.15, -0.1) is 5.10 Å². The number of aryl methyl sites for hydroxylation is 3. The number of nitrogens with zero attached hydrogens (tertiary/aromatic N) is 4. The number of amides is 1. The lowest BCUT2D eigenvalue weighted by Gasteiger charge is -2.18.